The molecule has 1 heterocycles. The number of hydrogen-bond acceptors (Lipinski definition) is 3. The van der Waals surface area contributed by atoms with Crippen molar-refractivity contribution in [2.75, 3.05) is 5.73 Å². The summed E-state index contributed by atoms with van der Waals surface area (Å²) in [6.07, 6.45) is 0. The van der Waals surface area contributed by atoms with E-state index in [9.17, 15) is 4.79 Å². The van der Waals surface area contributed by atoms with Gasteiger partial charge in [-0.1, -0.05) is 29.8 Å². The molecular formula is C15H11ClN2O2. The van der Waals surface area contributed by atoms with Gasteiger partial charge in [0.05, 0.1) is 5.69 Å². The summed E-state index contributed by atoms with van der Waals surface area (Å²) in [7, 11) is 0. The van der Waals surface area contributed by atoms with Crippen molar-refractivity contribution in [1.82, 2.24) is 0 Å². The fourth-order valence-corrected chi connectivity index (χ4v) is 2.25. The SMILES string of the molecule is NC(=O)c1oc2cc(-c3ccc(Cl)cc3)ccc2c1N. The number of benzene rings is 2. The van der Waals surface area contributed by atoms with E-state index in [4.69, 9.17) is 27.5 Å². The summed E-state index contributed by atoms with van der Waals surface area (Å²) in [5.74, 6) is -0.681. The minimum Gasteiger partial charge on any atom is -0.449 e. The van der Waals surface area contributed by atoms with Crippen molar-refractivity contribution < 1.29 is 9.21 Å². The van der Waals surface area contributed by atoms with Crippen LogP contribution >= 0.6 is 11.6 Å². The fraction of sp³-hybridized carbons (Fsp3) is 0. The summed E-state index contributed by atoms with van der Waals surface area (Å²) in [5, 5.41) is 1.35. The molecule has 0 saturated heterocycles. The second-order valence-corrected chi connectivity index (χ2v) is 4.86. The van der Waals surface area contributed by atoms with E-state index in [0.29, 0.717) is 16.0 Å². The van der Waals surface area contributed by atoms with E-state index in [1.807, 2.05) is 42.5 Å². The number of fused-ring (bicyclic) bond motifs is 1. The van der Waals surface area contributed by atoms with E-state index < -0.39 is 5.91 Å². The maximum Gasteiger partial charge on any atom is 0.286 e. The van der Waals surface area contributed by atoms with E-state index in [1.165, 1.54) is 0 Å². The van der Waals surface area contributed by atoms with Gasteiger partial charge in [-0.05, 0) is 35.4 Å². The molecule has 4 N–H and O–H groups in total. The molecule has 20 heavy (non-hydrogen) atoms. The first-order valence-electron chi connectivity index (χ1n) is 5.94. The number of nitrogens with two attached hydrogens (primary N) is 2. The van der Waals surface area contributed by atoms with Crippen LogP contribution in [0.1, 0.15) is 10.6 Å². The van der Waals surface area contributed by atoms with Crippen LogP contribution in [-0.2, 0) is 0 Å². The van der Waals surface area contributed by atoms with Crippen LogP contribution in [-0.4, -0.2) is 5.91 Å². The molecule has 0 aliphatic rings. The van der Waals surface area contributed by atoms with Gasteiger partial charge < -0.3 is 15.9 Å². The summed E-state index contributed by atoms with van der Waals surface area (Å²) in [5.41, 5.74) is 13.8. The molecule has 0 unspecified atom stereocenters. The molecule has 1 aromatic heterocycles. The van der Waals surface area contributed by atoms with Gasteiger partial charge in [0.2, 0.25) is 5.76 Å². The average molecular weight is 287 g/mol. The van der Waals surface area contributed by atoms with E-state index in [1.54, 1.807) is 0 Å². The molecule has 3 rings (SSSR count). The van der Waals surface area contributed by atoms with E-state index in [0.717, 1.165) is 11.1 Å². The Bertz CT molecular complexity index is 807. The summed E-state index contributed by atoms with van der Waals surface area (Å²) >= 11 is 5.87. The van der Waals surface area contributed by atoms with Crippen molar-refractivity contribution in [3.8, 4) is 11.1 Å². The number of nitrogen functional groups attached to an aromatic ring is 1. The zero-order valence-electron chi connectivity index (χ0n) is 10.4. The molecule has 0 atom stereocenters. The first-order valence-corrected chi connectivity index (χ1v) is 6.32. The molecule has 0 aliphatic heterocycles. The van der Waals surface area contributed by atoms with Crippen molar-refractivity contribution in [3.63, 3.8) is 0 Å². The van der Waals surface area contributed by atoms with Crippen LogP contribution in [0.5, 0.6) is 0 Å². The highest BCUT2D eigenvalue weighted by atomic mass is 35.5. The van der Waals surface area contributed by atoms with Gasteiger partial charge in [-0.2, -0.15) is 0 Å². The van der Waals surface area contributed by atoms with Gasteiger partial charge in [0.15, 0.2) is 0 Å². The molecule has 100 valence electrons. The number of halogens is 1. The second-order valence-electron chi connectivity index (χ2n) is 4.43. The highest BCUT2D eigenvalue weighted by Crippen LogP contribution is 2.32. The molecule has 0 bridgehead atoms. The predicted molar refractivity (Wildman–Crippen MR) is 79.6 cm³/mol. The zero-order chi connectivity index (χ0) is 14.3. The van der Waals surface area contributed by atoms with Crippen LogP contribution in [0.3, 0.4) is 0 Å². The van der Waals surface area contributed by atoms with Gasteiger partial charge in [0.25, 0.3) is 5.91 Å². The van der Waals surface area contributed by atoms with Crippen LogP contribution in [0.25, 0.3) is 22.1 Å². The summed E-state index contributed by atoms with van der Waals surface area (Å²) in [4.78, 5) is 11.2. The largest absolute Gasteiger partial charge is 0.449 e. The molecule has 3 aromatic rings. The van der Waals surface area contributed by atoms with Gasteiger partial charge >= 0.3 is 0 Å². The molecule has 0 aliphatic carbocycles. The maximum absolute atomic E-state index is 11.2. The van der Waals surface area contributed by atoms with Crippen molar-refractivity contribution in [2.24, 2.45) is 5.73 Å². The molecule has 0 spiro atoms. The summed E-state index contributed by atoms with van der Waals surface area (Å²) < 4.78 is 5.42. The molecule has 0 fully saturated rings. The molecule has 5 heteroatoms. The number of anilines is 1. The number of carbonyl (C=O) groups is 1. The van der Waals surface area contributed by atoms with Gasteiger partial charge in [-0.25, -0.2) is 0 Å². The summed E-state index contributed by atoms with van der Waals surface area (Å²) in [6, 6.07) is 13.0. The number of hydrogen-bond donors (Lipinski definition) is 2. The molecule has 0 saturated carbocycles. The number of primary amides is 1. The van der Waals surface area contributed by atoms with Crippen LogP contribution in [0.4, 0.5) is 5.69 Å². The first kappa shape index (κ1) is 12.6. The van der Waals surface area contributed by atoms with Crippen LogP contribution in [0.15, 0.2) is 46.9 Å². The van der Waals surface area contributed by atoms with Crippen molar-refractivity contribution in [2.45, 2.75) is 0 Å². The quantitative estimate of drug-likeness (QED) is 0.757. The third-order valence-corrected chi connectivity index (χ3v) is 3.38. The second kappa shape index (κ2) is 4.58. The third-order valence-electron chi connectivity index (χ3n) is 3.13. The van der Waals surface area contributed by atoms with Crippen LogP contribution in [0, 0.1) is 0 Å². The van der Waals surface area contributed by atoms with Gasteiger partial charge in [0.1, 0.15) is 5.58 Å². The first-order chi connectivity index (χ1) is 9.56. The Morgan fingerprint density at radius 3 is 2.35 bits per heavy atom. The lowest BCUT2D eigenvalue weighted by Crippen LogP contribution is -2.11. The Morgan fingerprint density at radius 2 is 1.70 bits per heavy atom. The predicted octanol–water partition coefficient (Wildman–Crippen LogP) is 3.43. The summed E-state index contributed by atoms with van der Waals surface area (Å²) in [6.45, 7) is 0. The lowest BCUT2D eigenvalue weighted by molar-refractivity contribution is 0.0977. The minimum atomic E-state index is -0.674. The topological polar surface area (TPSA) is 82.2 Å². The highest BCUT2D eigenvalue weighted by Gasteiger charge is 2.16. The van der Waals surface area contributed by atoms with E-state index >= 15 is 0 Å². The van der Waals surface area contributed by atoms with Crippen molar-refractivity contribution >= 4 is 34.2 Å². The molecule has 4 nitrogen and oxygen atoms in total. The van der Waals surface area contributed by atoms with E-state index in [-0.39, 0.29) is 11.4 Å². The van der Waals surface area contributed by atoms with Gasteiger partial charge in [-0.15, -0.1) is 0 Å². The third kappa shape index (κ3) is 2.00. The smallest absolute Gasteiger partial charge is 0.286 e. The molecule has 1 amide bonds. The minimum absolute atomic E-state index is 0.00624. The Labute approximate surface area is 119 Å². The van der Waals surface area contributed by atoms with Gasteiger partial charge in [-0.3, -0.25) is 4.79 Å². The standard InChI is InChI=1S/C15H11ClN2O2/c16-10-4-1-8(2-5-10)9-3-6-11-12(7-9)20-14(13(11)17)15(18)19/h1-7H,17H2,(H2,18,19). The maximum atomic E-state index is 11.2. The highest BCUT2D eigenvalue weighted by molar-refractivity contribution is 6.30. The van der Waals surface area contributed by atoms with Crippen LogP contribution < -0.4 is 11.5 Å². The Hall–Kier alpha value is -2.46. The lowest BCUT2D eigenvalue weighted by atomic mass is 10.0. The molecule has 0 radical (unpaired) electrons. The Kier molecular flexibility index (Phi) is 2.88. The number of rotatable bonds is 2. The monoisotopic (exact) mass is 286 g/mol. The Morgan fingerprint density at radius 1 is 1.05 bits per heavy atom. The number of carbonyl (C=O) groups excluding carboxylic acids is 1. The van der Waals surface area contributed by atoms with Gasteiger partial charge in [0, 0.05) is 10.4 Å². The molecule has 2 aromatic carbocycles. The average Bonchev–Trinajstić information content (AvgIpc) is 2.77. The zero-order valence-corrected chi connectivity index (χ0v) is 11.1. The van der Waals surface area contributed by atoms with Crippen molar-refractivity contribution in [1.29, 1.82) is 0 Å². The molecular weight excluding hydrogens is 276 g/mol. The lowest BCUT2D eigenvalue weighted by Gasteiger charge is -2.01. The normalized spacial score (nSPS) is 10.8. The van der Waals surface area contributed by atoms with Crippen LogP contribution in [0.2, 0.25) is 5.02 Å². The van der Waals surface area contributed by atoms with E-state index in [2.05, 4.69) is 0 Å². The Balaban J connectivity index is 2.15. The fourth-order valence-electron chi connectivity index (χ4n) is 2.12. The number of furan rings is 1. The van der Waals surface area contributed by atoms with Crippen molar-refractivity contribution in [3.05, 3.63) is 53.2 Å². The number of amides is 1.